The Labute approximate surface area is 164 Å². The first kappa shape index (κ1) is 20.2. The molecule has 0 bridgehead atoms. The molecule has 3 rings (SSSR count). The third kappa shape index (κ3) is 4.31. The van der Waals surface area contributed by atoms with Gasteiger partial charge in [-0.2, -0.15) is 8.78 Å². The van der Waals surface area contributed by atoms with Gasteiger partial charge >= 0.3 is 6.11 Å². The Kier molecular flexibility index (Phi) is 5.19. The minimum atomic E-state index is -3.46. The molecule has 1 heterocycles. The molecule has 1 amide bonds. The molecule has 1 aromatic heterocycles. The fraction of sp³-hybridized carbons (Fsp3) is 0.190. The molecule has 0 radical (unpaired) electrons. The molecule has 0 fully saturated rings. The number of pyridine rings is 1. The van der Waals surface area contributed by atoms with Gasteiger partial charge < -0.3 is 15.0 Å². The molecule has 2 aromatic carbocycles. The normalized spacial score (nSPS) is 11.4. The van der Waals surface area contributed by atoms with Crippen molar-refractivity contribution in [2.24, 2.45) is 5.73 Å². The monoisotopic (exact) mass is 400 g/mol. The molecule has 0 saturated carbocycles. The Morgan fingerprint density at radius 1 is 1.14 bits per heavy atom. The van der Waals surface area contributed by atoms with Crippen LogP contribution in [0.4, 0.5) is 8.78 Å². The molecule has 6 nitrogen and oxygen atoms in total. The highest BCUT2D eigenvalue weighted by molar-refractivity contribution is 5.98. The Balaban J connectivity index is 2.22. The van der Waals surface area contributed by atoms with E-state index in [1.165, 1.54) is 48.0 Å². The van der Waals surface area contributed by atoms with Crippen LogP contribution >= 0.6 is 0 Å². The number of para-hydroxylation sites is 1. The van der Waals surface area contributed by atoms with Crippen LogP contribution in [0, 0.1) is 0 Å². The van der Waals surface area contributed by atoms with Crippen LogP contribution in [0.3, 0.4) is 0 Å². The van der Waals surface area contributed by atoms with Crippen LogP contribution in [0.5, 0.6) is 5.75 Å². The largest absolute Gasteiger partial charge is 0.431 e. The molecule has 0 aliphatic rings. The summed E-state index contributed by atoms with van der Waals surface area (Å²) >= 11 is 0. The average Bonchev–Trinajstić information content (AvgIpc) is 2.63. The van der Waals surface area contributed by atoms with Gasteiger partial charge in [0, 0.05) is 25.2 Å². The summed E-state index contributed by atoms with van der Waals surface area (Å²) in [6, 6.07) is 10.6. The number of carbonyl (C=O) groups is 2. The Morgan fingerprint density at radius 2 is 1.79 bits per heavy atom. The van der Waals surface area contributed by atoms with Crippen molar-refractivity contribution in [1.82, 2.24) is 4.57 Å². The fourth-order valence-corrected chi connectivity index (χ4v) is 3.05. The van der Waals surface area contributed by atoms with E-state index in [1.54, 1.807) is 12.1 Å². The van der Waals surface area contributed by atoms with Crippen molar-refractivity contribution in [3.8, 4) is 5.75 Å². The Hall–Kier alpha value is -3.55. The molecule has 8 heteroatoms. The zero-order valence-corrected chi connectivity index (χ0v) is 15.7. The second-order valence-corrected chi connectivity index (χ2v) is 6.68. The van der Waals surface area contributed by atoms with Crippen molar-refractivity contribution in [3.05, 3.63) is 75.6 Å². The van der Waals surface area contributed by atoms with E-state index < -0.39 is 23.2 Å². The van der Waals surface area contributed by atoms with Crippen LogP contribution in [0.15, 0.2) is 53.5 Å². The predicted octanol–water partition coefficient (Wildman–Crippen LogP) is 3.34. The summed E-state index contributed by atoms with van der Waals surface area (Å²) in [6.07, 6.45) is -2.13. The van der Waals surface area contributed by atoms with Gasteiger partial charge in [0.2, 0.25) is 5.91 Å². The highest BCUT2D eigenvalue weighted by Crippen LogP contribution is 2.29. The summed E-state index contributed by atoms with van der Waals surface area (Å²) in [5, 5.41) is 0.0909. The number of hydrogen-bond acceptors (Lipinski definition) is 4. The maximum Gasteiger partial charge on any atom is 0.394 e. The van der Waals surface area contributed by atoms with Gasteiger partial charge in [0.1, 0.15) is 0 Å². The van der Waals surface area contributed by atoms with Crippen LogP contribution in [0.1, 0.15) is 40.1 Å². The number of ether oxygens (including phenoxy) is 1. The third-order valence-corrected chi connectivity index (χ3v) is 4.32. The smallest absolute Gasteiger partial charge is 0.394 e. The van der Waals surface area contributed by atoms with Crippen molar-refractivity contribution in [2.75, 3.05) is 0 Å². The quantitative estimate of drug-likeness (QED) is 0.643. The topological polar surface area (TPSA) is 91.4 Å². The summed E-state index contributed by atoms with van der Waals surface area (Å²) in [5.41, 5.74) is 5.77. The first-order chi connectivity index (χ1) is 13.6. The van der Waals surface area contributed by atoms with E-state index in [0.29, 0.717) is 18.1 Å². The summed E-state index contributed by atoms with van der Waals surface area (Å²) in [7, 11) is 0. The third-order valence-electron chi connectivity index (χ3n) is 4.32. The standard InChI is InChI=1S/C21H18F2N2O4/c1-12(26)16-11-25(10-13-6-8-14(9-7-13)20(24)28)18-15(19(16)27)4-3-5-17(18)29-21(2,22)23/h3-9,11H,10H2,1-2H3,(H2,24,28). The Morgan fingerprint density at radius 3 is 2.34 bits per heavy atom. The van der Waals surface area contributed by atoms with Crippen LogP contribution in [-0.4, -0.2) is 22.4 Å². The van der Waals surface area contributed by atoms with Gasteiger partial charge in [-0.15, -0.1) is 0 Å². The number of primary amides is 1. The lowest BCUT2D eigenvalue weighted by atomic mass is 10.1. The van der Waals surface area contributed by atoms with E-state index in [2.05, 4.69) is 0 Å². The zero-order chi connectivity index (χ0) is 21.3. The molecule has 3 aromatic rings. The molecule has 29 heavy (non-hydrogen) atoms. The summed E-state index contributed by atoms with van der Waals surface area (Å²) in [5.74, 6) is -1.21. The molecular formula is C21H18F2N2O4. The molecule has 2 N–H and O–H groups in total. The Bertz CT molecular complexity index is 1160. The lowest BCUT2D eigenvalue weighted by molar-refractivity contribution is -0.158. The number of nitrogens with two attached hydrogens (primary N) is 1. The highest BCUT2D eigenvalue weighted by Gasteiger charge is 2.26. The van der Waals surface area contributed by atoms with Crippen molar-refractivity contribution in [2.45, 2.75) is 26.5 Å². The number of alkyl halides is 2. The van der Waals surface area contributed by atoms with Crippen LogP contribution in [0.25, 0.3) is 10.9 Å². The van der Waals surface area contributed by atoms with E-state index in [4.69, 9.17) is 10.5 Å². The maximum absolute atomic E-state index is 13.5. The molecule has 0 unspecified atom stereocenters. The van der Waals surface area contributed by atoms with Gasteiger partial charge in [-0.05, 0) is 36.8 Å². The van der Waals surface area contributed by atoms with E-state index in [-0.39, 0.29) is 28.8 Å². The molecule has 0 aliphatic carbocycles. The van der Waals surface area contributed by atoms with E-state index in [9.17, 15) is 23.2 Å². The van der Waals surface area contributed by atoms with Crippen molar-refractivity contribution < 1.29 is 23.1 Å². The number of aromatic nitrogens is 1. The summed E-state index contributed by atoms with van der Waals surface area (Å²) in [6.45, 7) is 2.00. The number of hydrogen-bond donors (Lipinski definition) is 1. The van der Waals surface area contributed by atoms with E-state index >= 15 is 0 Å². The van der Waals surface area contributed by atoms with Crippen LogP contribution < -0.4 is 15.9 Å². The van der Waals surface area contributed by atoms with Gasteiger partial charge in [-0.1, -0.05) is 18.2 Å². The number of carbonyl (C=O) groups excluding carboxylic acids is 2. The number of fused-ring (bicyclic) bond motifs is 1. The average molecular weight is 400 g/mol. The first-order valence-electron chi connectivity index (χ1n) is 8.69. The van der Waals surface area contributed by atoms with E-state index in [0.717, 1.165) is 0 Å². The number of Topliss-reactive ketones (excluding diaryl/α,β-unsaturated/α-hetero) is 1. The van der Waals surface area contributed by atoms with E-state index in [1.807, 2.05) is 0 Å². The predicted molar refractivity (Wildman–Crippen MR) is 104 cm³/mol. The van der Waals surface area contributed by atoms with Gasteiger partial charge in [0.25, 0.3) is 0 Å². The molecule has 150 valence electrons. The molecular weight excluding hydrogens is 382 g/mol. The molecule has 0 atom stereocenters. The fourth-order valence-electron chi connectivity index (χ4n) is 3.05. The SMILES string of the molecule is CC(=O)c1cn(Cc2ccc(C(N)=O)cc2)c2c(OC(C)(F)F)cccc2c1=O. The van der Waals surface area contributed by atoms with Gasteiger partial charge in [0.05, 0.1) is 16.5 Å². The molecule has 0 saturated heterocycles. The lowest BCUT2D eigenvalue weighted by Crippen LogP contribution is -2.22. The summed E-state index contributed by atoms with van der Waals surface area (Å²) in [4.78, 5) is 35.9. The number of ketones is 1. The second kappa shape index (κ2) is 7.46. The van der Waals surface area contributed by atoms with Crippen LogP contribution in [-0.2, 0) is 6.54 Å². The first-order valence-corrected chi connectivity index (χ1v) is 8.69. The van der Waals surface area contributed by atoms with Gasteiger partial charge in [0.15, 0.2) is 17.0 Å². The van der Waals surface area contributed by atoms with Crippen molar-refractivity contribution >= 4 is 22.6 Å². The van der Waals surface area contributed by atoms with Gasteiger partial charge in [-0.25, -0.2) is 0 Å². The number of nitrogens with zero attached hydrogens (tertiary/aromatic N) is 1. The number of benzene rings is 2. The number of rotatable bonds is 6. The zero-order valence-electron chi connectivity index (χ0n) is 15.7. The second-order valence-electron chi connectivity index (χ2n) is 6.68. The highest BCUT2D eigenvalue weighted by atomic mass is 19.3. The maximum atomic E-state index is 13.5. The minimum absolute atomic E-state index is 0.0633. The van der Waals surface area contributed by atoms with Crippen molar-refractivity contribution in [3.63, 3.8) is 0 Å². The number of amides is 1. The van der Waals surface area contributed by atoms with Crippen molar-refractivity contribution in [1.29, 1.82) is 0 Å². The lowest BCUT2D eigenvalue weighted by Gasteiger charge is -2.19. The van der Waals surface area contributed by atoms with Gasteiger partial charge in [-0.3, -0.25) is 14.4 Å². The van der Waals surface area contributed by atoms with Crippen LogP contribution in [0.2, 0.25) is 0 Å². The molecule has 0 aliphatic heterocycles. The molecule has 0 spiro atoms. The summed E-state index contributed by atoms with van der Waals surface area (Å²) < 4.78 is 33.3. The minimum Gasteiger partial charge on any atom is -0.431 e. The number of halogens is 2.